The number of hydrogen-bond donors (Lipinski definition) is 1. The third kappa shape index (κ3) is 1.80. The van der Waals surface area contributed by atoms with Crippen LogP contribution in [0, 0.1) is 0 Å². The maximum atomic E-state index is 5.66. The van der Waals surface area contributed by atoms with E-state index in [0.29, 0.717) is 0 Å². The largest absolute Gasteiger partial charge is 0.359 e. The number of nitrogens with zero attached hydrogens (tertiary/aromatic N) is 1. The first kappa shape index (κ1) is 8.27. The average molecular weight is 154 g/mol. The first-order valence-corrected chi connectivity index (χ1v) is 3.94. The van der Waals surface area contributed by atoms with Gasteiger partial charge in [0.25, 0.3) is 0 Å². The Morgan fingerprint density at radius 2 is 2.45 bits per heavy atom. The molecule has 1 atom stereocenters. The van der Waals surface area contributed by atoms with Crippen LogP contribution in [0.3, 0.4) is 0 Å². The standard InChI is InChI=1S/C8H14N2O/c1-3-4-7-5-10-11-8(7)6(2)9/h5-6H,3-4,9H2,1-2H3. The summed E-state index contributed by atoms with van der Waals surface area (Å²) in [6.07, 6.45) is 3.85. The van der Waals surface area contributed by atoms with Gasteiger partial charge in [0.2, 0.25) is 0 Å². The highest BCUT2D eigenvalue weighted by atomic mass is 16.5. The predicted molar refractivity (Wildman–Crippen MR) is 43.1 cm³/mol. The smallest absolute Gasteiger partial charge is 0.156 e. The maximum Gasteiger partial charge on any atom is 0.156 e. The first-order valence-electron chi connectivity index (χ1n) is 3.94. The molecule has 1 rings (SSSR count). The molecule has 3 heteroatoms. The zero-order chi connectivity index (χ0) is 8.27. The van der Waals surface area contributed by atoms with Gasteiger partial charge in [-0.1, -0.05) is 18.5 Å². The van der Waals surface area contributed by atoms with E-state index in [-0.39, 0.29) is 6.04 Å². The third-order valence-corrected chi connectivity index (χ3v) is 1.61. The van der Waals surface area contributed by atoms with Crippen molar-refractivity contribution in [1.82, 2.24) is 5.16 Å². The molecule has 0 aliphatic carbocycles. The predicted octanol–water partition coefficient (Wildman–Crippen LogP) is 1.65. The summed E-state index contributed by atoms with van der Waals surface area (Å²) in [5.41, 5.74) is 6.80. The van der Waals surface area contributed by atoms with Crippen LogP contribution in [0.15, 0.2) is 10.7 Å². The second-order valence-corrected chi connectivity index (χ2v) is 2.75. The third-order valence-electron chi connectivity index (χ3n) is 1.61. The fourth-order valence-corrected chi connectivity index (χ4v) is 1.10. The monoisotopic (exact) mass is 154 g/mol. The summed E-state index contributed by atoms with van der Waals surface area (Å²) < 4.78 is 5.00. The molecule has 0 aliphatic heterocycles. The number of hydrogen-bond acceptors (Lipinski definition) is 3. The summed E-state index contributed by atoms with van der Waals surface area (Å²) in [5, 5.41) is 3.71. The van der Waals surface area contributed by atoms with E-state index in [9.17, 15) is 0 Å². The zero-order valence-corrected chi connectivity index (χ0v) is 7.00. The van der Waals surface area contributed by atoms with Gasteiger partial charge >= 0.3 is 0 Å². The van der Waals surface area contributed by atoms with E-state index in [0.717, 1.165) is 24.2 Å². The van der Waals surface area contributed by atoms with Crippen LogP contribution in [0.25, 0.3) is 0 Å². The second kappa shape index (κ2) is 3.53. The van der Waals surface area contributed by atoms with Crippen LogP contribution in [0.5, 0.6) is 0 Å². The van der Waals surface area contributed by atoms with Gasteiger partial charge in [-0.15, -0.1) is 0 Å². The van der Waals surface area contributed by atoms with E-state index in [1.807, 2.05) is 6.92 Å². The molecule has 0 aliphatic rings. The zero-order valence-electron chi connectivity index (χ0n) is 7.00. The molecule has 1 aromatic rings. The van der Waals surface area contributed by atoms with Gasteiger partial charge in [-0.25, -0.2) is 0 Å². The lowest BCUT2D eigenvalue weighted by molar-refractivity contribution is 0.365. The van der Waals surface area contributed by atoms with Crippen molar-refractivity contribution in [2.45, 2.75) is 32.7 Å². The van der Waals surface area contributed by atoms with Crippen LogP contribution < -0.4 is 5.73 Å². The Kier molecular flexibility index (Phi) is 2.65. The lowest BCUT2D eigenvalue weighted by Gasteiger charge is -2.01. The van der Waals surface area contributed by atoms with E-state index in [1.165, 1.54) is 0 Å². The average Bonchev–Trinajstić information content (AvgIpc) is 2.36. The van der Waals surface area contributed by atoms with E-state index in [1.54, 1.807) is 6.20 Å². The molecule has 62 valence electrons. The Labute approximate surface area is 66.6 Å². The van der Waals surface area contributed by atoms with Crippen LogP contribution in [0.4, 0.5) is 0 Å². The maximum absolute atomic E-state index is 5.66. The minimum Gasteiger partial charge on any atom is -0.359 e. The van der Waals surface area contributed by atoms with E-state index >= 15 is 0 Å². The number of aromatic nitrogens is 1. The molecule has 0 radical (unpaired) electrons. The molecular weight excluding hydrogens is 140 g/mol. The molecule has 0 bridgehead atoms. The normalized spacial score (nSPS) is 13.4. The van der Waals surface area contributed by atoms with Crippen molar-refractivity contribution < 1.29 is 4.52 Å². The topological polar surface area (TPSA) is 52.0 Å². The van der Waals surface area contributed by atoms with Gasteiger partial charge in [-0.2, -0.15) is 0 Å². The van der Waals surface area contributed by atoms with Crippen molar-refractivity contribution in [3.8, 4) is 0 Å². The Hall–Kier alpha value is -0.830. The molecule has 11 heavy (non-hydrogen) atoms. The number of nitrogens with two attached hydrogens (primary N) is 1. The van der Waals surface area contributed by atoms with Gasteiger partial charge < -0.3 is 10.3 Å². The number of rotatable bonds is 3. The molecule has 1 aromatic heterocycles. The summed E-state index contributed by atoms with van der Waals surface area (Å²) in [6.45, 7) is 4.03. The van der Waals surface area contributed by atoms with Gasteiger partial charge in [0.1, 0.15) is 0 Å². The molecule has 0 saturated carbocycles. The Bertz CT molecular complexity index is 218. The highest BCUT2D eigenvalue weighted by molar-refractivity contribution is 5.16. The molecule has 0 aromatic carbocycles. The lowest BCUT2D eigenvalue weighted by Crippen LogP contribution is -2.05. The van der Waals surface area contributed by atoms with Crippen molar-refractivity contribution in [1.29, 1.82) is 0 Å². The van der Waals surface area contributed by atoms with E-state index < -0.39 is 0 Å². The quantitative estimate of drug-likeness (QED) is 0.720. The molecule has 1 heterocycles. The molecule has 3 nitrogen and oxygen atoms in total. The Balaban J connectivity index is 2.78. The molecule has 0 fully saturated rings. The van der Waals surface area contributed by atoms with Crippen molar-refractivity contribution in [2.24, 2.45) is 5.73 Å². The summed E-state index contributed by atoms with van der Waals surface area (Å²) in [5.74, 6) is 0.826. The first-order chi connectivity index (χ1) is 5.25. The molecule has 1 unspecified atom stereocenters. The fourth-order valence-electron chi connectivity index (χ4n) is 1.10. The van der Waals surface area contributed by atoms with Crippen molar-refractivity contribution >= 4 is 0 Å². The summed E-state index contributed by atoms with van der Waals surface area (Å²) in [7, 11) is 0. The molecular formula is C8H14N2O. The number of aryl methyl sites for hydroxylation is 1. The summed E-state index contributed by atoms with van der Waals surface area (Å²) in [4.78, 5) is 0. The van der Waals surface area contributed by atoms with Gasteiger partial charge in [0.05, 0.1) is 12.2 Å². The molecule has 0 saturated heterocycles. The second-order valence-electron chi connectivity index (χ2n) is 2.75. The molecule has 0 amide bonds. The fraction of sp³-hybridized carbons (Fsp3) is 0.625. The van der Waals surface area contributed by atoms with Gasteiger partial charge in [0.15, 0.2) is 5.76 Å². The van der Waals surface area contributed by atoms with Crippen molar-refractivity contribution in [3.05, 3.63) is 17.5 Å². The van der Waals surface area contributed by atoms with Crippen molar-refractivity contribution in [2.75, 3.05) is 0 Å². The Morgan fingerprint density at radius 3 is 3.00 bits per heavy atom. The van der Waals surface area contributed by atoms with Gasteiger partial charge in [-0.05, 0) is 13.3 Å². The van der Waals surface area contributed by atoms with Crippen LogP contribution in [0.1, 0.15) is 37.6 Å². The van der Waals surface area contributed by atoms with Gasteiger partial charge in [-0.3, -0.25) is 0 Å². The summed E-state index contributed by atoms with van der Waals surface area (Å²) in [6, 6.07) is -0.0425. The highest BCUT2D eigenvalue weighted by Gasteiger charge is 2.10. The lowest BCUT2D eigenvalue weighted by atomic mass is 10.1. The highest BCUT2D eigenvalue weighted by Crippen LogP contribution is 2.16. The van der Waals surface area contributed by atoms with Gasteiger partial charge in [0, 0.05) is 5.56 Å². The van der Waals surface area contributed by atoms with Crippen LogP contribution in [-0.4, -0.2) is 5.16 Å². The van der Waals surface area contributed by atoms with E-state index in [2.05, 4.69) is 12.1 Å². The SMILES string of the molecule is CCCc1cnoc1C(C)N. The molecule has 2 N–H and O–H groups in total. The Morgan fingerprint density at radius 1 is 1.73 bits per heavy atom. The van der Waals surface area contributed by atoms with Crippen LogP contribution >= 0.6 is 0 Å². The molecule has 0 spiro atoms. The van der Waals surface area contributed by atoms with E-state index in [4.69, 9.17) is 10.3 Å². The minimum atomic E-state index is -0.0425. The van der Waals surface area contributed by atoms with Crippen LogP contribution in [0.2, 0.25) is 0 Å². The summed E-state index contributed by atoms with van der Waals surface area (Å²) >= 11 is 0. The van der Waals surface area contributed by atoms with Crippen LogP contribution in [-0.2, 0) is 6.42 Å². The minimum absolute atomic E-state index is 0.0425. The van der Waals surface area contributed by atoms with Crippen molar-refractivity contribution in [3.63, 3.8) is 0 Å².